The van der Waals surface area contributed by atoms with Gasteiger partial charge in [-0.3, -0.25) is 9.69 Å². The van der Waals surface area contributed by atoms with Gasteiger partial charge in [0.25, 0.3) is 0 Å². The fraction of sp³-hybridized carbons (Fsp3) is 0.333. The maximum atomic E-state index is 12.9. The van der Waals surface area contributed by atoms with E-state index in [0.29, 0.717) is 11.6 Å². The van der Waals surface area contributed by atoms with Gasteiger partial charge in [0.2, 0.25) is 5.91 Å². The van der Waals surface area contributed by atoms with E-state index in [1.54, 1.807) is 11.8 Å². The Kier molecular flexibility index (Phi) is 7.02. The molecular weight excluding hydrogens is 440 g/mol. The fourth-order valence-corrected chi connectivity index (χ4v) is 4.50. The molecule has 0 bridgehead atoms. The molecule has 7 heteroatoms. The first-order valence-electron chi connectivity index (χ1n) is 9.11. The quantitative estimate of drug-likeness (QED) is 0.661. The van der Waals surface area contributed by atoms with Crippen LogP contribution in [0, 0.1) is 0 Å². The van der Waals surface area contributed by atoms with Crippen LogP contribution < -0.4 is 5.32 Å². The van der Waals surface area contributed by atoms with Crippen LogP contribution in [0.2, 0.25) is 0 Å². The standard InChI is InChI=1S/C21H23BrN2O3S/c1-14(2)17-10-16(22)8-9-18(17)23-20(25)19-12-28-13-24(19)21(26)27-11-15-6-4-3-5-7-15/h3-10,14,19H,11-13H2,1-2H3,(H,23,25)/t19-/m1/s1. The zero-order chi connectivity index (χ0) is 20.1. The first-order valence-corrected chi connectivity index (χ1v) is 11.1. The summed E-state index contributed by atoms with van der Waals surface area (Å²) in [7, 11) is 0. The number of halogens is 1. The number of ether oxygens (including phenoxy) is 1. The number of carbonyl (C=O) groups is 2. The Morgan fingerprint density at radius 3 is 2.71 bits per heavy atom. The highest BCUT2D eigenvalue weighted by Crippen LogP contribution is 2.29. The minimum Gasteiger partial charge on any atom is -0.445 e. The van der Waals surface area contributed by atoms with Crippen molar-refractivity contribution in [3.05, 3.63) is 64.1 Å². The molecule has 5 nitrogen and oxygen atoms in total. The summed E-state index contributed by atoms with van der Waals surface area (Å²) in [6.45, 7) is 4.35. The summed E-state index contributed by atoms with van der Waals surface area (Å²) in [5, 5.41) is 3.00. The summed E-state index contributed by atoms with van der Waals surface area (Å²) in [4.78, 5) is 26.9. The minimum absolute atomic E-state index is 0.189. The van der Waals surface area contributed by atoms with Gasteiger partial charge < -0.3 is 10.1 Å². The van der Waals surface area contributed by atoms with Gasteiger partial charge in [0.1, 0.15) is 12.6 Å². The third-order valence-electron chi connectivity index (χ3n) is 4.52. The lowest BCUT2D eigenvalue weighted by Crippen LogP contribution is -2.44. The smallest absolute Gasteiger partial charge is 0.411 e. The second kappa shape index (κ2) is 9.47. The molecule has 2 amide bonds. The Hall–Kier alpha value is -1.99. The average molecular weight is 463 g/mol. The molecule has 3 rings (SSSR count). The number of nitrogens with one attached hydrogen (secondary N) is 1. The minimum atomic E-state index is -0.545. The first kappa shape index (κ1) is 20.7. The molecule has 0 aliphatic carbocycles. The number of anilines is 1. The Bertz CT molecular complexity index is 845. The van der Waals surface area contributed by atoms with Crippen molar-refractivity contribution in [2.45, 2.75) is 32.4 Å². The van der Waals surface area contributed by atoms with Crippen molar-refractivity contribution in [3.63, 3.8) is 0 Å². The topological polar surface area (TPSA) is 58.6 Å². The summed E-state index contributed by atoms with van der Waals surface area (Å²) in [5.74, 6) is 1.08. The number of hydrogen-bond donors (Lipinski definition) is 1. The third kappa shape index (κ3) is 5.08. The molecule has 2 aromatic carbocycles. The number of rotatable bonds is 5. The number of amides is 2. The van der Waals surface area contributed by atoms with Crippen LogP contribution in [0.4, 0.5) is 10.5 Å². The van der Waals surface area contributed by atoms with E-state index in [9.17, 15) is 9.59 Å². The van der Waals surface area contributed by atoms with Gasteiger partial charge in [-0.05, 0) is 35.2 Å². The summed E-state index contributed by atoms with van der Waals surface area (Å²) in [5.41, 5.74) is 2.74. The van der Waals surface area contributed by atoms with Crippen molar-refractivity contribution in [3.8, 4) is 0 Å². The Balaban J connectivity index is 1.65. The normalized spacial score (nSPS) is 16.3. The van der Waals surface area contributed by atoms with Crippen LogP contribution >= 0.6 is 27.7 Å². The molecule has 1 atom stereocenters. The molecule has 0 saturated carbocycles. The molecule has 0 radical (unpaired) electrons. The van der Waals surface area contributed by atoms with Crippen molar-refractivity contribution in [1.29, 1.82) is 0 Å². The van der Waals surface area contributed by atoms with E-state index in [4.69, 9.17) is 4.74 Å². The molecule has 1 fully saturated rings. The molecule has 1 aliphatic heterocycles. The predicted molar refractivity (Wildman–Crippen MR) is 116 cm³/mol. The van der Waals surface area contributed by atoms with E-state index >= 15 is 0 Å². The number of thioether (sulfide) groups is 1. The van der Waals surface area contributed by atoms with Crippen LogP contribution in [0.5, 0.6) is 0 Å². The van der Waals surface area contributed by atoms with Crippen molar-refractivity contribution in [2.75, 3.05) is 16.9 Å². The van der Waals surface area contributed by atoms with Crippen molar-refractivity contribution < 1.29 is 14.3 Å². The fourth-order valence-electron chi connectivity index (χ4n) is 2.98. The van der Waals surface area contributed by atoms with Gasteiger partial charge in [0.15, 0.2) is 0 Å². The van der Waals surface area contributed by atoms with E-state index < -0.39 is 12.1 Å². The molecule has 1 heterocycles. The van der Waals surface area contributed by atoms with Crippen molar-refractivity contribution in [2.24, 2.45) is 0 Å². The number of nitrogens with zero attached hydrogens (tertiary/aromatic N) is 1. The summed E-state index contributed by atoms with van der Waals surface area (Å²) in [6.07, 6.45) is -0.464. The number of benzene rings is 2. The third-order valence-corrected chi connectivity index (χ3v) is 6.02. The van der Waals surface area contributed by atoms with Crippen molar-refractivity contribution >= 4 is 45.4 Å². The highest BCUT2D eigenvalue weighted by molar-refractivity contribution is 9.10. The monoisotopic (exact) mass is 462 g/mol. The van der Waals surface area contributed by atoms with Gasteiger partial charge in [0.05, 0.1) is 5.88 Å². The Morgan fingerprint density at radius 2 is 2.00 bits per heavy atom. The average Bonchev–Trinajstić information content (AvgIpc) is 3.18. The van der Waals surface area contributed by atoms with Crippen LogP contribution in [0.25, 0.3) is 0 Å². The molecule has 0 unspecified atom stereocenters. The summed E-state index contributed by atoms with van der Waals surface area (Å²) < 4.78 is 6.38. The van der Waals surface area contributed by atoms with E-state index in [2.05, 4.69) is 35.1 Å². The lowest BCUT2D eigenvalue weighted by atomic mass is 10.0. The first-order chi connectivity index (χ1) is 13.5. The van der Waals surface area contributed by atoms with Crippen LogP contribution in [-0.2, 0) is 16.1 Å². The van der Waals surface area contributed by atoms with Gasteiger partial charge in [-0.25, -0.2) is 4.79 Å². The van der Waals surface area contributed by atoms with Crippen LogP contribution in [-0.4, -0.2) is 34.6 Å². The molecule has 148 valence electrons. The predicted octanol–water partition coefficient (Wildman–Crippen LogP) is 5.22. The largest absolute Gasteiger partial charge is 0.445 e. The van der Waals surface area contributed by atoms with E-state index in [0.717, 1.165) is 21.3 Å². The van der Waals surface area contributed by atoms with Crippen molar-refractivity contribution in [1.82, 2.24) is 4.90 Å². The highest BCUT2D eigenvalue weighted by atomic mass is 79.9. The molecule has 0 aromatic heterocycles. The maximum Gasteiger partial charge on any atom is 0.411 e. The molecule has 28 heavy (non-hydrogen) atoms. The van der Waals surface area contributed by atoms with E-state index in [1.165, 1.54) is 4.90 Å². The second-order valence-corrected chi connectivity index (χ2v) is 8.82. The van der Waals surface area contributed by atoms with Crippen LogP contribution in [0.15, 0.2) is 53.0 Å². The maximum absolute atomic E-state index is 12.9. The lowest BCUT2D eigenvalue weighted by molar-refractivity contribution is -0.119. The van der Waals surface area contributed by atoms with Gasteiger partial charge in [0, 0.05) is 15.9 Å². The lowest BCUT2D eigenvalue weighted by Gasteiger charge is -2.23. The van der Waals surface area contributed by atoms with E-state index in [-0.39, 0.29) is 18.4 Å². The van der Waals surface area contributed by atoms with Crippen LogP contribution in [0.1, 0.15) is 30.9 Å². The SMILES string of the molecule is CC(C)c1cc(Br)ccc1NC(=O)[C@H]1CSCN1C(=O)OCc1ccccc1. The zero-order valence-electron chi connectivity index (χ0n) is 15.9. The van der Waals surface area contributed by atoms with Crippen LogP contribution in [0.3, 0.4) is 0 Å². The van der Waals surface area contributed by atoms with Gasteiger partial charge in [-0.15, -0.1) is 11.8 Å². The second-order valence-electron chi connectivity index (χ2n) is 6.90. The molecule has 1 N–H and O–H groups in total. The summed E-state index contributed by atoms with van der Waals surface area (Å²) >= 11 is 5.03. The number of hydrogen-bond acceptors (Lipinski definition) is 4. The zero-order valence-corrected chi connectivity index (χ0v) is 18.3. The molecule has 1 aliphatic rings. The van der Waals surface area contributed by atoms with Gasteiger partial charge in [-0.1, -0.05) is 60.1 Å². The molecule has 1 saturated heterocycles. The van der Waals surface area contributed by atoms with Gasteiger partial charge >= 0.3 is 6.09 Å². The highest BCUT2D eigenvalue weighted by Gasteiger charge is 2.36. The van der Waals surface area contributed by atoms with Gasteiger partial charge in [-0.2, -0.15) is 0 Å². The Morgan fingerprint density at radius 1 is 1.25 bits per heavy atom. The Labute approximate surface area is 178 Å². The summed E-state index contributed by atoms with van der Waals surface area (Å²) in [6, 6.07) is 14.8. The number of carbonyl (C=O) groups excluding carboxylic acids is 2. The van der Waals surface area contributed by atoms with E-state index in [1.807, 2.05) is 48.5 Å². The molecular formula is C21H23BrN2O3S. The molecule has 2 aromatic rings. The molecule has 0 spiro atoms.